The highest BCUT2D eigenvalue weighted by Gasteiger charge is 2.13. The summed E-state index contributed by atoms with van der Waals surface area (Å²) in [5, 5.41) is 0. The summed E-state index contributed by atoms with van der Waals surface area (Å²) in [4.78, 5) is 11.3. The number of unbranched alkanes of at least 4 members (excludes halogenated alkanes) is 1. The molecule has 0 aromatic rings. The zero-order valence-corrected chi connectivity index (χ0v) is 11.9. The van der Waals surface area contributed by atoms with Crippen LogP contribution in [0, 0.1) is 0 Å². The molecule has 0 amide bonds. The molecule has 0 atom stereocenters. The summed E-state index contributed by atoms with van der Waals surface area (Å²) in [7, 11) is 0. The van der Waals surface area contributed by atoms with E-state index in [-0.39, 0.29) is 0 Å². The third-order valence-electron chi connectivity index (χ3n) is 2.45. The van der Waals surface area contributed by atoms with Gasteiger partial charge in [0.05, 0.1) is 0 Å². The number of carbonyl (C=O) groups is 1. The van der Waals surface area contributed by atoms with Crippen molar-refractivity contribution in [3.63, 3.8) is 0 Å². The van der Waals surface area contributed by atoms with Gasteiger partial charge in [-0.15, -0.1) is 0 Å². The van der Waals surface area contributed by atoms with Crippen LogP contribution in [0.1, 0.15) is 59.3 Å². The fourth-order valence-electron chi connectivity index (χ4n) is 1.66. The normalized spacial score (nSPS) is 14.4. The molecule has 0 bridgehead atoms. The second-order valence-electron chi connectivity index (χ2n) is 3.76. The lowest BCUT2D eigenvalue weighted by molar-refractivity contribution is -0.115. The van der Waals surface area contributed by atoms with Crippen LogP contribution in [0.5, 0.6) is 0 Å². The third-order valence-corrected chi connectivity index (χ3v) is 3.73. The van der Waals surface area contributed by atoms with Crippen LogP contribution in [0.3, 0.4) is 0 Å². The average molecular weight is 242 g/mol. The van der Waals surface area contributed by atoms with Gasteiger partial charge in [0.2, 0.25) is 0 Å². The maximum absolute atomic E-state index is 11.3. The summed E-state index contributed by atoms with van der Waals surface area (Å²) in [6, 6.07) is 0. The van der Waals surface area contributed by atoms with E-state index in [0.717, 1.165) is 24.8 Å². The smallest absolute Gasteiger partial charge is 0.158 e. The Balaban J connectivity index is 0.00000106. The molecule has 0 saturated heterocycles. The minimum Gasteiger partial charge on any atom is -0.295 e. The topological polar surface area (TPSA) is 17.1 Å². The molecule has 0 spiro atoms. The lowest BCUT2D eigenvalue weighted by Gasteiger charge is -2.01. The van der Waals surface area contributed by atoms with Crippen molar-refractivity contribution in [1.29, 1.82) is 0 Å². The lowest BCUT2D eigenvalue weighted by Crippen LogP contribution is -1.95. The van der Waals surface area contributed by atoms with Crippen molar-refractivity contribution in [1.82, 2.24) is 0 Å². The van der Waals surface area contributed by atoms with Gasteiger partial charge in [0.1, 0.15) is 0 Å². The molecule has 0 aromatic carbocycles. The predicted molar refractivity (Wildman–Crippen MR) is 75.1 cm³/mol. The SMILES string of the molecule is CC.CCCSCCCCC1=CCCC1=O. The van der Waals surface area contributed by atoms with Crippen LogP contribution in [-0.4, -0.2) is 17.3 Å². The summed E-state index contributed by atoms with van der Waals surface area (Å²) in [5.74, 6) is 2.93. The van der Waals surface area contributed by atoms with Gasteiger partial charge in [-0.05, 0) is 49.2 Å². The van der Waals surface area contributed by atoms with Gasteiger partial charge < -0.3 is 0 Å². The molecule has 0 N–H and O–H groups in total. The number of rotatable bonds is 7. The molecule has 1 rings (SSSR count). The van der Waals surface area contributed by atoms with Crippen molar-refractivity contribution in [3.05, 3.63) is 11.6 Å². The highest BCUT2D eigenvalue weighted by Crippen LogP contribution is 2.19. The zero-order valence-electron chi connectivity index (χ0n) is 11.1. The van der Waals surface area contributed by atoms with Gasteiger partial charge in [-0.3, -0.25) is 4.79 Å². The number of hydrogen-bond donors (Lipinski definition) is 0. The van der Waals surface area contributed by atoms with Gasteiger partial charge >= 0.3 is 0 Å². The van der Waals surface area contributed by atoms with Crippen molar-refractivity contribution in [2.45, 2.75) is 59.3 Å². The average Bonchev–Trinajstić information content (AvgIpc) is 2.72. The number of ketones is 1. The van der Waals surface area contributed by atoms with Crippen LogP contribution >= 0.6 is 11.8 Å². The van der Waals surface area contributed by atoms with Crippen molar-refractivity contribution in [2.24, 2.45) is 0 Å². The molecule has 1 nitrogen and oxygen atoms in total. The van der Waals surface area contributed by atoms with Gasteiger partial charge in [0, 0.05) is 6.42 Å². The fourth-order valence-corrected chi connectivity index (χ4v) is 2.56. The summed E-state index contributed by atoms with van der Waals surface area (Å²) < 4.78 is 0. The molecule has 0 aliphatic heterocycles. The molecule has 0 saturated carbocycles. The highest BCUT2D eigenvalue weighted by molar-refractivity contribution is 7.99. The summed E-state index contributed by atoms with van der Waals surface area (Å²) in [5.41, 5.74) is 1.10. The van der Waals surface area contributed by atoms with E-state index in [1.54, 1.807) is 0 Å². The molecular weight excluding hydrogens is 216 g/mol. The largest absolute Gasteiger partial charge is 0.295 e. The number of hydrogen-bond acceptors (Lipinski definition) is 2. The van der Waals surface area contributed by atoms with Crippen LogP contribution in [-0.2, 0) is 4.79 Å². The van der Waals surface area contributed by atoms with E-state index in [9.17, 15) is 4.79 Å². The Kier molecular flexibility index (Phi) is 11.1. The molecule has 16 heavy (non-hydrogen) atoms. The fraction of sp³-hybridized carbons (Fsp3) is 0.786. The van der Waals surface area contributed by atoms with Gasteiger partial charge in [-0.25, -0.2) is 0 Å². The van der Waals surface area contributed by atoms with Crippen molar-refractivity contribution in [2.75, 3.05) is 11.5 Å². The first kappa shape index (κ1) is 15.8. The maximum atomic E-state index is 11.3. The number of thioether (sulfide) groups is 1. The molecule has 1 aliphatic carbocycles. The highest BCUT2D eigenvalue weighted by atomic mass is 32.2. The van der Waals surface area contributed by atoms with E-state index in [2.05, 4.69) is 13.0 Å². The van der Waals surface area contributed by atoms with Crippen LogP contribution in [0.4, 0.5) is 0 Å². The molecule has 1 aliphatic rings. The molecule has 0 fully saturated rings. The van der Waals surface area contributed by atoms with Crippen LogP contribution in [0.25, 0.3) is 0 Å². The first-order valence-electron chi connectivity index (χ1n) is 6.64. The molecule has 0 heterocycles. The minimum atomic E-state index is 0.395. The van der Waals surface area contributed by atoms with Gasteiger partial charge in [-0.2, -0.15) is 11.8 Å². The Labute approximate surface area is 105 Å². The molecule has 2 heteroatoms. The Morgan fingerprint density at radius 2 is 2.00 bits per heavy atom. The van der Waals surface area contributed by atoms with Crippen LogP contribution in [0.2, 0.25) is 0 Å². The number of Topliss-reactive ketones (excluding diaryl/α,β-unsaturated/α-hetero) is 1. The molecule has 0 radical (unpaired) electrons. The van der Waals surface area contributed by atoms with E-state index in [1.807, 2.05) is 25.6 Å². The maximum Gasteiger partial charge on any atom is 0.158 e. The Morgan fingerprint density at radius 1 is 1.25 bits per heavy atom. The van der Waals surface area contributed by atoms with E-state index in [0.29, 0.717) is 5.78 Å². The first-order valence-corrected chi connectivity index (χ1v) is 7.80. The molecular formula is C14H26OS. The molecule has 0 aromatic heterocycles. The molecule has 94 valence electrons. The van der Waals surface area contributed by atoms with Crippen LogP contribution in [0.15, 0.2) is 11.6 Å². The lowest BCUT2D eigenvalue weighted by atomic mass is 10.1. The van der Waals surface area contributed by atoms with Crippen LogP contribution < -0.4 is 0 Å². The number of carbonyl (C=O) groups excluding carboxylic acids is 1. The standard InChI is InChI=1S/C12H20OS.C2H6/c1-2-9-14-10-4-3-6-11-7-5-8-12(11)13;1-2/h7H,2-6,8-10H2,1H3;1-2H3. The van der Waals surface area contributed by atoms with E-state index in [1.165, 1.54) is 30.8 Å². The monoisotopic (exact) mass is 242 g/mol. The number of allylic oxidation sites excluding steroid dienone is 2. The summed E-state index contributed by atoms with van der Waals surface area (Å²) in [6.45, 7) is 6.22. The van der Waals surface area contributed by atoms with Gasteiger partial charge in [0.25, 0.3) is 0 Å². The zero-order chi connectivity index (χ0) is 12.2. The van der Waals surface area contributed by atoms with Crippen molar-refractivity contribution < 1.29 is 4.79 Å². The van der Waals surface area contributed by atoms with Crippen molar-refractivity contribution >= 4 is 17.5 Å². The summed E-state index contributed by atoms with van der Waals surface area (Å²) >= 11 is 2.03. The summed E-state index contributed by atoms with van der Waals surface area (Å²) in [6.07, 6.45) is 8.61. The van der Waals surface area contributed by atoms with Gasteiger partial charge in [0.15, 0.2) is 5.78 Å². The molecule has 0 unspecified atom stereocenters. The Hall–Kier alpha value is -0.240. The predicted octanol–water partition coefficient (Wildman–Crippen LogP) is 4.62. The van der Waals surface area contributed by atoms with E-state index in [4.69, 9.17) is 0 Å². The van der Waals surface area contributed by atoms with Gasteiger partial charge in [-0.1, -0.05) is 26.8 Å². The van der Waals surface area contributed by atoms with Crippen molar-refractivity contribution in [3.8, 4) is 0 Å². The second kappa shape index (κ2) is 11.3. The van der Waals surface area contributed by atoms with E-state index < -0.39 is 0 Å². The minimum absolute atomic E-state index is 0.395. The second-order valence-corrected chi connectivity index (χ2v) is 4.99. The Morgan fingerprint density at radius 3 is 2.56 bits per heavy atom. The van der Waals surface area contributed by atoms with E-state index >= 15 is 0 Å². The third kappa shape index (κ3) is 7.10. The quantitative estimate of drug-likeness (QED) is 0.606. The Bertz CT molecular complexity index is 209. The first-order chi connectivity index (χ1) is 7.84.